The van der Waals surface area contributed by atoms with Crippen molar-refractivity contribution >= 4 is 11.6 Å². The Hall–Kier alpha value is -2.49. The first-order valence-corrected chi connectivity index (χ1v) is 9.48. The minimum absolute atomic E-state index is 0.0627. The van der Waals surface area contributed by atoms with Gasteiger partial charge in [0.25, 0.3) is 5.91 Å². The summed E-state index contributed by atoms with van der Waals surface area (Å²) in [6.07, 6.45) is 2.80. The molecule has 1 atom stereocenters. The van der Waals surface area contributed by atoms with Crippen LogP contribution < -0.4 is 15.0 Å². The Labute approximate surface area is 156 Å². The van der Waals surface area contributed by atoms with Crippen molar-refractivity contribution in [2.45, 2.75) is 39.2 Å². The molecule has 1 amide bonds. The van der Waals surface area contributed by atoms with Gasteiger partial charge in [-0.2, -0.15) is 0 Å². The number of nitrogens with zero attached hydrogens (tertiary/aromatic N) is 1. The molecule has 0 aliphatic carbocycles. The first kappa shape index (κ1) is 18.3. The number of nitrogens with one attached hydrogen (secondary N) is 1. The molecule has 0 radical (unpaired) electrons. The Morgan fingerprint density at radius 1 is 1.19 bits per heavy atom. The number of hydrogen-bond acceptors (Lipinski definition) is 3. The van der Waals surface area contributed by atoms with Gasteiger partial charge in [-0.3, -0.25) is 4.79 Å². The number of hydrogen-bond donors (Lipinski definition) is 1. The summed E-state index contributed by atoms with van der Waals surface area (Å²) >= 11 is 0. The Bertz CT molecular complexity index is 744. The van der Waals surface area contributed by atoms with Gasteiger partial charge in [0.2, 0.25) is 0 Å². The minimum Gasteiger partial charge on any atom is -0.481 e. The fourth-order valence-electron chi connectivity index (χ4n) is 3.40. The molecule has 3 rings (SSSR count). The summed E-state index contributed by atoms with van der Waals surface area (Å²) in [7, 11) is 0. The van der Waals surface area contributed by atoms with Gasteiger partial charge >= 0.3 is 0 Å². The third-order valence-corrected chi connectivity index (χ3v) is 4.88. The van der Waals surface area contributed by atoms with E-state index in [4.69, 9.17) is 4.74 Å². The standard InChI is InChI=1S/C22H28N2O2/c1-17-9-3-6-13-21(17)26-18(2)22(25)23-14-8-16-24-15-7-11-19-10-4-5-12-20(19)24/h3-6,9-10,12-13,18H,7-8,11,14-16H2,1-2H3,(H,23,25)/t18-/m1/s1. The fourth-order valence-corrected chi connectivity index (χ4v) is 3.40. The van der Waals surface area contributed by atoms with Crippen LogP contribution in [0.2, 0.25) is 0 Å². The molecular formula is C22H28N2O2. The van der Waals surface area contributed by atoms with Crippen LogP contribution in [0.5, 0.6) is 5.75 Å². The highest BCUT2D eigenvalue weighted by molar-refractivity contribution is 5.80. The molecule has 1 N–H and O–H groups in total. The van der Waals surface area contributed by atoms with E-state index >= 15 is 0 Å². The van der Waals surface area contributed by atoms with Crippen LogP contribution in [0.4, 0.5) is 5.69 Å². The van der Waals surface area contributed by atoms with E-state index in [1.807, 2.05) is 31.2 Å². The van der Waals surface area contributed by atoms with Gasteiger partial charge in [-0.05, 0) is 56.4 Å². The molecular weight excluding hydrogens is 324 g/mol. The molecule has 0 bridgehead atoms. The second-order valence-corrected chi connectivity index (χ2v) is 6.89. The predicted octanol–water partition coefficient (Wildman–Crippen LogP) is 3.72. The molecule has 0 fully saturated rings. The van der Waals surface area contributed by atoms with Crippen LogP contribution >= 0.6 is 0 Å². The van der Waals surface area contributed by atoms with Crippen molar-refractivity contribution in [1.29, 1.82) is 0 Å². The number of carbonyl (C=O) groups excluding carboxylic acids is 1. The monoisotopic (exact) mass is 352 g/mol. The van der Waals surface area contributed by atoms with Gasteiger partial charge in [-0.25, -0.2) is 0 Å². The Morgan fingerprint density at radius 2 is 1.96 bits per heavy atom. The van der Waals surface area contributed by atoms with Gasteiger partial charge in [0.15, 0.2) is 6.10 Å². The molecule has 0 spiro atoms. The largest absolute Gasteiger partial charge is 0.481 e. The molecule has 1 heterocycles. The molecule has 4 heteroatoms. The normalized spacial score (nSPS) is 14.5. The van der Waals surface area contributed by atoms with Gasteiger partial charge in [0.1, 0.15) is 5.75 Å². The summed E-state index contributed by atoms with van der Waals surface area (Å²) in [6.45, 7) is 6.50. The average Bonchev–Trinajstić information content (AvgIpc) is 2.67. The first-order chi connectivity index (χ1) is 12.6. The third-order valence-electron chi connectivity index (χ3n) is 4.88. The summed E-state index contributed by atoms with van der Waals surface area (Å²) < 4.78 is 5.78. The zero-order chi connectivity index (χ0) is 18.4. The molecule has 0 saturated heterocycles. The number of carbonyl (C=O) groups is 1. The lowest BCUT2D eigenvalue weighted by molar-refractivity contribution is -0.127. The minimum atomic E-state index is -0.494. The van der Waals surface area contributed by atoms with Gasteiger partial charge in [0.05, 0.1) is 0 Å². The van der Waals surface area contributed by atoms with Crippen LogP contribution in [0.15, 0.2) is 48.5 Å². The maximum atomic E-state index is 12.3. The number of fused-ring (bicyclic) bond motifs is 1. The summed E-state index contributed by atoms with van der Waals surface area (Å²) in [5, 5.41) is 3.00. The van der Waals surface area contributed by atoms with Crippen LogP contribution in [0, 0.1) is 6.92 Å². The first-order valence-electron chi connectivity index (χ1n) is 9.48. The van der Waals surface area contributed by atoms with E-state index in [1.165, 1.54) is 17.7 Å². The SMILES string of the molecule is Cc1ccccc1O[C@H](C)C(=O)NCCCN1CCCc2ccccc21. The van der Waals surface area contributed by atoms with Crippen LogP contribution in [-0.2, 0) is 11.2 Å². The Balaban J connectivity index is 1.42. The third kappa shape index (κ3) is 4.57. The summed E-state index contributed by atoms with van der Waals surface area (Å²) in [5.74, 6) is 0.701. The van der Waals surface area contributed by atoms with E-state index < -0.39 is 6.10 Å². The predicted molar refractivity (Wildman–Crippen MR) is 106 cm³/mol. The molecule has 0 aromatic heterocycles. The second kappa shape index (κ2) is 8.75. The van der Waals surface area contributed by atoms with Gasteiger partial charge in [0, 0.05) is 25.3 Å². The van der Waals surface area contributed by atoms with Crippen LogP contribution in [0.3, 0.4) is 0 Å². The Kier molecular flexibility index (Phi) is 6.16. The number of anilines is 1. The van der Waals surface area contributed by atoms with Gasteiger partial charge < -0.3 is 15.0 Å². The number of ether oxygens (including phenoxy) is 1. The number of amides is 1. The van der Waals surface area contributed by atoms with E-state index in [-0.39, 0.29) is 5.91 Å². The van der Waals surface area contributed by atoms with Crippen molar-refractivity contribution in [3.05, 3.63) is 59.7 Å². The van der Waals surface area contributed by atoms with E-state index in [1.54, 1.807) is 6.92 Å². The van der Waals surface area contributed by atoms with Gasteiger partial charge in [-0.15, -0.1) is 0 Å². The lowest BCUT2D eigenvalue weighted by Gasteiger charge is -2.31. The zero-order valence-corrected chi connectivity index (χ0v) is 15.7. The highest BCUT2D eigenvalue weighted by atomic mass is 16.5. The van der Waals surface area contributed by atoms with Crippen molar-refractivity contribution in [1.82, 2.24) is 5.32 Å². The smallest absolute Gasteiger partial charge is 0.260 e. The maximum Gasteiger partial charge on any atom is 0.260 e. The van der Waals surface area contributed by atoms with E-state index in [9.17, 15) is 4.79 Å². The van der Waals surface area contributed by atoms with Crippen LogP contribution in [0.25, 0.3) is 0 Å². The molecule has 0 saturated carbocycles. The van der Waals surface area contributed by atoms with Crippen LogP contribution in [0.1, 0.15) is 30.9 Å². The second-order valence-electron chi connectivity index (χ2n) is 6.89. The molecule has 26 heavy (non-hydrogen) atoms. The van der Waals surface area contributed by atoms with Crippen molar-refractivity contribution in [3.8, 4) is 5.75 Å². The van der Waals surface area contributed by atoms with E-state index in [0.717, 1.165) is 37.2 Å². The van der Waals surface area contributed by atoms with E-state index in [0.29, 0.717) is 6.54 Å². The molecule has 2 aromatic rings. The fraction of sp³-hybridized carbons (Fsp3) is 0.409. The number of benzene rings is 2. The van der Waals surface area contributed by atoms with Crippen molar-refractivity contribution in [3.63, 3.8) is 0 Å². The lowest BCUT2D eigenvalue weighted by Crippen LogP contribution is -2.38. The molecule has 4 nitrogen and oxygen atoms in total. The van der Waals surface area contributed by atoms with Crippen molar-refractivity contribution in [2.75, 3.05) is 24.5 Å². The molecule has 0 unspecified atom stereocenters. The molecule has 1 aliphatic heterocycles. The highest BCUT2D eigenvalue weighted by Gasteiger charge is 2.17. The lowest BCUT2D eigenvalue weighted by atomic mass is 10.0. The maximum absolute atomic E-state index is 12.3. The average molecular weight is 352 g/mol. The molecule has 1 aliphatic rings. The summed E-state index contributed by atoms with van der Waals surface area (Å²) in [5.41, 5.74) is 3.82. The number of para-hydroxylation sites is 2. The Morgan fingerprint density at radius 3 is 2.81 bits per heavy atom. The number of aryl methyl sites for hydroxylation is 2. The molecule has 2 aromatic carbocycles. The van der Waals surface area contributed by atoms with Gasteiger partial charge in [-0.1, -0.05) is 36.4 Å². The van der Waals surface area contributed by atoms with Crippen LogP contribution in [-0.4, -0.2) is 31.6 Å². The summed E-state index contributed by atoms with van der Waals surface area (Å²) in [4.78, 5) is 14.7. The van der Waals surface area contributed by atoms with Crippen molar-refractivity contribution < 1.29 is 9.53 Å². The zero-order valence-electron chi connectivity index (χ0n) is 15.7. The summed E-state index contributed by atoms with van der Waals surface area (Å²) in [6, 6.07) is 16.4. The highest BCUT2D eigenvalue weighted by Crippen LogP contribution is 2.26. The topological polar surface area (TPSA) is 41.6 Å². The van der Waals surface area contributed by atoms with E-state index in [2.05, 4.69) is 34.5 Å². The van der Waals surface area contributed by atoms with Crippen molar-refractivity contribution in [2.24, 2.45) is 0 Å². The quantitative estimate of drug-likeness (QED) is 0.772. The molecule has 138 valence electrons. The number of rotatable bonds is 7.